The van der Waals surface area contributed by atoms with Crippen molar-refractivity contribution in [2.75, 3.05) is 0 Å². The first-order valence-electron chi connectivity index (χ1n) is 3.91. The lowest BCUT2D eigenvalue weighted by Gasteiger charge is -1.99. The fourth-order valence-corrected chi connectivity index (χ4v) is 0.905. The van der Waals surface area contributed by atoms with Crippen molar-refractivity contribution in [2.45, 2.75) is 13.0 Å². The number of aliphatic hydroxyl groups is 1. The Balaban J connectivity index is 3.00. The summed E-state index contributed by atoms with van der Waals surface area (Å²) < 4.78 is 25.9. The summed E-state index contributed by atoms with van der Waals surface area (Å²) in [7, 11) is 0. The zero-order valence-electron chi connectivity index (χ0n) is 7.17. The van der Waals surface area contributed by atoms with E-state index in [1.54, 1.807) is 0 Å². The summed E-state index contributed by atoms with van der Waals surface area (Å²) in [4.78, 5) is 0. The van der Waals surface area contributed by atoms with E-state index in [-0.39, 0.29) is 5.56 Å². The molecule has 1 aromatic carbocycles. The van der Waals surface area contributed by atoms with Crippen LogP contribution in [0.15, 0.2) is 24.3 Å². The molecule has 1 nitrogen and oxygen atoms in total. The van der Waals surface area contributed by atoms with Gasteiger partial charge in [0.25, 0.3) is 0 Å². The van der Waals surface area contributed by atoms with Gasteiger partial charge in [-0.3, -0.25) is 0 Å². The maximum atomic E-state index is 12.9. The van der Waals surface area contributed by atoms with E-state index in [0.717, 1.165) is 0 Å². The van der Waals surface area contributed by atoms with Crippen molar-refractivity contribution in [1.29, 1.82) is 0 Å². The average molecular weight is 184 g/mol. The number of hydrogen-bond donors (Lipinski definition) is 1. The van der Waals surface area contributed by atoms with Gasteiger partial charge < -0.3 is 5.11 Å². The molecule has 0 bridgehead atoms. The third-order valence-electron chi connectivity index (χ3n) is 1.54. The van der Waals surface area contributed by atoms with Crippen LogP contribution in [0.3, 0.4) is 0 Å². The van der Waals surface area contributed by atoms with E-state index in [1.165, 1.54) is 37.3 Å². The highest BCUT2D eigenvalue weighted by Gasteiger charge is 2.03. The second-order valence-electron chi connectivity index (χ2n) is 2.74. The molecule has 0 radical (unpaired) electrons. The van der Waals surface area contributed by atoms with Crippen LogP contribution in [-0.4, -0.2) is 11.2 Å². The van der Waals surface area contributed by atoms with E-state index in [0.29, 0.717) is 0 Å². The molecule has 1 unspecified atom stereocenters. The normalized spacial score (nSPS) is 13.5. The summed E-state index contributed by atoms with van der Waals surface area (Å²) in [6, 6.07) is 3.64. The van der Waals surface area contributed by atoms with Crippen LogP contribution in [0.4, 0.5) is 8.78 Å². The molecule has 0 fully saturated rings. The average Bonchev–Trinajstić information content (AvgIpc) is 2.03. The molecule has 0 aliphatic heterocycles. The van der Waals surface area contributed by atoms with Gasteiger partial charge in [0.2, 0.25) is 0 Å². The highest BCUT2D eigenvalue weighted by Crippen LogP contribution is 2.13. The Morgan fingerprint density at radius 1 is 1.31 bits per heavy atom. The summed E-state index contributed by atoms with van der Waals surface area (Å²) in [6.07, 6.45) is 1.84. The molecule has 0 aliphatic carbocycles. The Morgan fingerprint density at radius 2 is 1.85 bits per heavy atom. The Labute approximate surface area is 75.3 Å². The lowest BCUT2D eigenvalue weighted by atomic mass is 10.1. The molecular formula is C10H10F2O. The molecule has 70 valence electrons. The van der Waals surface area contributed by atoms with Crippen molar-refractivity contribution >= 4 is 6.08 Å². The predicted octanol–water partition coefficient (Wildman–Crippen LogP) is 2.36. The number of aliphatic hydroxyl groups excluding tert-OH is 1. The molecule has 3 heteroatoms. The molecule has 0 saturated carbocycles. The molecule has 0 heterocycles. The van der Waals surface area contributed by atoms with Crippen LogP contribution in [0.2, 0.25) is 0 Å². The first-order chi connectivity index (χ1) is 6.11. The van der Waals surface area contributed by atoms with Crippen LogP contribution < -0.4 is 0 Å². The number of hydrogen-bond acceptors (Lipinski definition) is 1. The van der Waals surface area contributed by atoms with Gasteiger partial charge in [-0.1, -0.05) is 18.2 Å². The van der Waals surface area contributed by atoms with Crippen molar-refractivity contribution in [3.63, 3.8) is 0 Å². The summed E-state index contributed by atoms with van der Waals surface area (Å²) in [6.45, 7) is 1.51. The van der Waals surface area contributed by atoms with Gasteiger partial charge in [-0.2, -0.15) is 0 Å². The molecule has 0 aromatic heterocycles. The van der Waals surface area contributed by atoms with Crippen LogP contribution in [0.5, 0.6) is 0 Å². The van der Waals surface area contributed by atoms with E-state index < -0.39 is 17.7 Å². The van der Waals surface area contributed by atoms with Crippen molar-refractivity contribution < 1.29 is 13.9 Å². The number of benzene rings is 1. The van der Waals surface area contributed by atoms with E-state index in [9.17, 15) is 8.78 Å². The Hall–Kier alpha value is -1.22. The minimum Gasteiger partial charge on any atom is -0.389 e. The molecule has 1 aromatic rings. The molecule has 13 heavy (non-hydrogen) atoms. The number of rotatable bonds is 2. The molecule has 0 amide bonds. The van der Waals surface area contributed by atoms with E-state index in [4.69, 9.17) is 5.11 Å². The van der Waals surface area contributed by atoms with Crippen LogP contribution in [-0.2, 0) is 0 Å². The van der Waals surface area contributed by atoms with Crippen LogP contribution in [0.1, 0.15) is 12.5 Å². The predicted molar refractivity (Wildman–Crippen MR) is 47.1 cm³/mol. The Morgan fingerprint density at radius 3 is 2.31 bits per heavy atom. The van der Waals surface area contributed by atoms with Crippen LogP contribution in [0, 0.1) is 11.6 Å². The minimum atomic E-state index is -0.709. The lowest BCUT2D eigenvalue weighted by molar-refractivity contribution is 0.245. The fraction of sp³-hybridized carbons (Fsp3) is 0.200. The van der Waals surface area contributed by atoms with Gasteiger partial charge in [0.05, 0.1) is 6.10 Å². The van der Waals surface area contributed by atoms with Gasteiger partial charge >= 0.3 is 0 Å². The van der Waals surface area contributed by atoms with Gasteiger partial charge in [-0.25, -0.2) is 8.78 Å². The molecule has 0 saturated heterocycles. The van der Waals surface area contributed by atoms with Gasteiger partial charge in [-0.05, 0) is 19.1 Å². The van der Waals surface area contributed by atoms with Crippen molar-refractivity contribution in [2.24, 2.45) is 0 Å². The van der Waals surface area contributed by atoms with Gasteiger partial charge in [0.1, 0.15) is 11.6 Å². The maximum absolute atomic E-state index is 12.9. The van der Waals surface area contributed by atoms with Crippen molar-refractivity contribution in [3.8, 4) is 0 Å². The van der Waals surface area contributed by atoms with Gasteiger partial charge in [0, 0.05) is 5.56 Å². The molecule has 1 atom stereocenters. The van der Waals surface area contributed by atoms with Crippen molar-refractivity contribution in [3.05, 3.63) is 41.5 Å². The third kappa shape index (κ3) is 2.63. The van der Waals surface area contributed by atoms with E-state index in [1.807, 2.05) is 0 Å². The second-order valence-corrected chi connectivity index (χ2v) is 2.74. The van der Waals surface area contributed by atoms with Gasteiger partial charge in [0.15, 0.2) is 0 Å². The molecule has 1 rings (SSSR count). The van der Waals surface area contributed by atoms with Gasteiger partial charge in [-0.15, -0.1) is 0 Å². The smallest absolute Gasteiger partial charge is 0.133 e. The minimum absolute atomic E-state index is 0.122. The topological polar surface area (TPSA) is 20.2 Å². The highest BCUT2D eigenvalue weighted by atomic mass is 19.1. The van der Waals surface area contributed by atoms with Crippen LogP contribution >= 0.6 is 0 Å². The summed E-state index contributed by atoms with van der Waals surface area (Å²) >= 11 is 0. The van der Waals surface area contributed by atoms with E-state index in [2.05, 4.69) is 0 Å². The highest BCUT2D eigenvalue weighted by molar-refractivity contribution is 5.51. The maximum Gasteiger partial charge on any atom is 0.133 e. The first kappa shape index (κ1) is 9.86. The summed E-state index contributed by atoms with van der Waals surface area (Å²) in [5, 5.41) is 8.86. The largest absolute Gasteiger partial charge is 0.389 e. The Kier molecular flexibility index (Phi) is 3.14. The molecule has 1 N–H and O–H groups in total. The Bertz CT molecular complexity index is 298. The standard InChI is InChI=1S/C10H10F2O/c1-7(13)5-6-8-9(11)3-2-4-10(8)12/h2-7,13H,1H3/b6-5+. The molecular weight excluding hydrogens is 174 g/mol. The monoisotopic (exact) mass is 184 g/mol. The zero-order valence-corrected chi connectivity index (χ0v) is 7.17. The molecule has 0 aliphatic rings. The molecule has 0 spiro atoms. The zero-order chi connectivity index (χ0) is 9.84. The SMILES string of the molecule is CC(O)/C=C/c1c(F)cccc1F. The van der Waals surface area contributed by atoms with E-state index >= 15 is 0 Å². The number of halogens is 2. The quantitative estimate of drug-likeness (QED) is 0.748. The third-order valence-corrected chi connectivity index (χ3v) is 1.54. The van der Waals surface area contributed by atoms with Crippen LogP contribution in [0.25, 0.3) is 6.08 Å². The fourth-order valence-electron chi connectivity index (χ4n) is 0.905. The summed E-state index contributed by atoms with van der Waals surface area (Å²) in [5.74, 6) is -1.26. The first-order valence-corrected chi connectivity index (χ1v) is 3.91. The lowest BCUT2D eigenvalue weighted by Crippen LogP contribution is -1.93. The second kappa shape index (κ2) is 4.14. The van der Waals surface area contributed by atoms with Crippen molar-refractivity contribution in [1.82, 2.24) is 0 Å². The summed E-state index contributed by atoms with van der Waals surface area (Å²) in [5.41, 5.74) is -0.122.